The van der Waals surface area contributed by atoms with Crippen molar-refractivity contribution < 1.29 is 19.7 Å². The molecule has 14 heteroatoms. The van der Waals surface area contributed by atoms with Crippen molar-refractivity contribution in [2.45, 2.75) is 0 Å². The molecule has 0 aliphatic heterocycles. The highest BCUT2D eigenvalue weighted by Crippen LogP contribution is 2.58. The van der Waals surface area contributed by atoms with E-state index < -0.39 is 0 Å². The number of ether oxygens (including phenoxy) is 2. The minimum atomic E-state index is -0.232. The first-order valence-corrected chi connectivity index (χ1v) is 13.1. The molecule has 0 fully saturated rings. The SMILES string of the molecule is Nc1ccc(Oc2c(Cl)c(Cl)c(-c3c(Cl)c(Cl)c(Cl)c(Oc4ccc(N)c(O)c4)c3Cl)c(Cl)c2Cl)cc1O. The van der Waals surface area contributed by atoms with Gasteiger partial charge in [-0.25, -0.2) is 0 Å². The van der Waals surface area contributed by atoms with Gasteiger partial charge >= 0.3 is 0 Å². The van der Waals surface area contributed by atoms with Gasteiger partial charge in [-0.15, -0.1) is 0 Å². The summed E-state index contributed by atoms with van der Waals surface area (Å²) in [6.07, 6.45) is 0. The van der Waals surface area contributed by atoms with E-state index in [-0.39, 0.29) is 97.2 Å². The highest BCUT2D eigenvalue weighted by molar-refractivity contribution is 6.55. The molecule has 0 unspecified atom stereocenters. The maximum absolute atomic E-state index is 9.93. The normalized spacial score (nSPS) is 11.1. The molecule has 6 nitrogen and oxygen atoms in total. The van der Waals surface area contributed by atoms with Gasteiger partial charge in [0, 0.05) is 23.3 Å². The summed E-state index contributed by atoms with van der Waals surface area (Å²) in [7, 11) is 0. The number of benzene rings is 4. The summed E-state index contributed by atoms with van der Waals surface area (Å²) >= 11 is 52.3. The van der Waals surface area contributed by atoms with Gasteiger partial charge in [-0.05, 0) is 24.3 Å². The third kappa shape index (κ3) is 5.25. The molecule has 0 spiro atoms. The van der Waals surface area contributed by atoms with E-state index in [1.807, 2.05) is 0 Å². The molecule has 4 aromatic carbocycles. The second-order valence-corrected chi connectivity index (χ2v) is 10.6. The van der Waals surface area contributed by atoms with Gasteiger partial charge in [-0.2, -0.15) is 0 Å². The van der Waals surface area contributed by atoms with Crippen LogP contribution in [0.15, 0.2) is 36.4 Å². The van der Waals surface area contributed by atoms with E-state index in [1.54, 1.807) is 0 Å². The molecule has 0 bridgehead atoms. The minimum Gasteiger partial charge on any atom is -0.506 e. The molecular formula is C24H12Cl8N2O4. The van der Waals surface area contributed by atoms with Gasteiger partial charge in [0.05, 0.1) is 36.5 Å². The molecule has 0 aromatic heterocycles. The van der Waals surface area contributed by atoms with Gasteiger partial charge in [0.2, 0.25) is 0 Å². The van der Waals surface area contributed by atoms with Crippen molar-refractivity contribution in [3.63, 3.8) is 0 Å². The predicted molar refractivity (Wildman–Crippen MR) is 157 cm³/mol. The number of nitrogen functional groups attached to an aromatic ring is 2. The average molecular weight is 676 g/mol. The zero-order chi connectivity index (χ0) is 28.0. The van der Waals surface area contributed by atoms with Crippen LogP contribution in [-0.4, -0.2) is 10.2 Å². The zero-order valence-electron chi connectivity index (χ0n) is 18.4. The van der Waals surface area contributed by atoms with E-state index >= 15 is 0 Å². The lowest BCUT2D eigenvalue weighted by atomic mass is 10.0. The number of phenolic OH excluding ortho intramolecular Hbond substituents is 2. The largest absolute Gasteiger partial charge is 0.506 e. The van der Waals surface area contributed by atoms with Crippen LogP contribution in [0.5, 0.6) is 34.5 Å². The monoisotopic (exact) mass is 672 g/mol. The standard InChI is InChI=1S/C24H12Cl8N2O4/c25-15-14(18(28)23(22(32)19(15)29)37-7-1-3-9(33)11(35)5-7)13-16(26)20(30)24(21(31)17(13)27)38-8-2-4-10(34)12(36)6-8/h1-6,35-36H,33-34H2. The number of nitrogens with two attached hydrogens (primary N) is 2. The molecule has 38 heavy (non-hydrogen) atoms. The first-order valence-electron chi connectivity index (χ1n) is 10.1. The van der Waals surface area contributed by atoms with E-state index in [4.69, 9.17) is 114 Å². The number of rotatable bonds is 5. The van der Waals surface area contributed by atoms with Crippen LogP contribution in [0.1, 0.15) is 0 Å². The van der Waals surface area contributed by atoms with Crippen molar-refractivity contribution in [2.24, 2.45) is 0 Å². The van der Waals surface area contributed by atoms with Crippen molar-refractivity contribution in [3.05, 3.63) is 76.6 Å². The van der Waals surface area contributed by atoms with Crippen molar-refractivity contribution in [1.29, 1.82) is 0 Å². The van der Waals surface area contributed by atoms with E-state index in [2.05, 4.69) is 0 Å². The Morgan fingerprint density at radius 3 is 1.24 bits per heavy atom. The van der Waals surface area contributed by atoms with Crippen LogP contribution < -0.4 is 20.9 Å². The van der Waals surface area contributed by atoms with Crippen molar-refractivity contribution in [3.8, 4) is 45.6 Å². The highest BCUT2D eigenvalue weighted by Gasteiger charge is 2.30. The lowest BCUT2D eigenvalue weighted by Crippen LogP contribution is -1.96. The Hall–Kier alpha value is -2.00. The fraction of sp³-hybridized carbons (Fsp3) is 0. The summed E-state index contributed by atoms with van der Waals surface area (Å²) in [6.45, 7) is 0. The summed E-state index contributed by atoms with van der Waals surface area (Å²) in [4.78, 5) is 0. The lowest BCUT2D eigenvalue weighted by Gasteiger charge is -2.21. The fourth-order valence-electron chi connectivity index (χ4n) is 3.25. The van der Waals surface area contributed by atoms with Gasteiger partial charge in [-0.3, -0.25) is 0 Å². The Kier molecular flexibility index (Phi) is 8.58. The van der Waals surface area contributed by atoms with E-state index in [0.717, 1.165) is 0 Å². The number of aromatic hydroxyl groups is 2. The summed E-state index contributed by atoms with van der Waals surface area (Å²) in [5.74, 6) is -0.414. The quantitative estimate of drug-likeness (QED) is 0.0725. The lowest BCUT2D eigenvalue weighted by molar-refractivity contribution is 0.457. The molecule has 0 heterocycles. The van der Waals surface area contributed by atoms with Crippen LogP contribution in [0.3, 0.4) is 0 Å². The first-order chi connectivity index (χ1) is 17.8. The number of phenols is 2. The topological polar surface area (TPSA) is 111 Å². The Labute approximate surface area is 256 Å². The summed E-state index contributed by atoms with van der Waals surface area (Å²) in [5, 5.41) is 18.7. The zero-order valence-corrected chi connectivity index (χ0v) is 24.4. The maximum Gasteiger partial charge on any atom is 0.167 e. The minimum absolute atomic E-state index is 0.00730. The van der Waals surface area contributed by atoms with Crippen LogP contribution in [0, 0.1) is 0 Å². The van der Waals surface area contributed by atoms with Gasteiger partial charge < -0.3 is 31.2 Å². The molecule has 4 rings (SSSR count). The van der Waals surface area contributed by atoms with Gasteiger partial charge in [0.25, 0.3) is 0 Å². The first kappa shape index (κ1) is 29.0. The molecule has 0 radical (unpaired) electrons. The summed E-state index contributed by atoms with van der Waals surface area (Å²) in [5.41, 5.74) is 11.6. The van der Waals surface area contributed by atoms with Gasteiger partial charge in [0.15, 0.2) is 11.5 Å². The maximum atomic E-state index is 9.93. The van der Waals surface area contributed by atoms with E-state index in [1.165, 1.54) is 36.4 Å². The van der Waals surface area contributed by atoms with Gasteiger partial charge in [0.1, 0.15) is 38.1 Å². The Balaban J connectivity index is 1.89. The molecule has 0 saturated heterocycles. The van der Waals surface area contributed by atoms with Gasteiger partial charge in [-0.1, -0.05) is 92.8 Å². The Morgan fingerprint density at radius 2 is 0.816 bits per heavy atom. The van der Waals surface area contributed by atoms with E-state index in [9.17, 15) is 10.2 Å². The second kappa shape index (κ2) is 11.2. The summed E-state index contributed by atoms with van der Waals surface area (Å²) in [6, 6.07) is 8.28. The molecular weight excluding hydrogens is 664 g/mol. The van der Waals surface area contributed by atoms with Crippen LogP contribution in [0.25, 0.3) is 11.1 Å². The van der Waals surface area contributed by atoms with Crippen LogP contribution in [0.2, 0.25) is 40.2 Å². The van der Waals surface area contributed by atoms with E-state index in [0.29, 0.717) is 0 Å². The number of halogens is 8. The van der Waals surface area contributed by atoms with Crippen molar-refractivity contribution in [1.82, 2.24) is 0 Å². The predicted octanol–water partition coefficient (Wildman–Crippen LogP) is 10.7. The molecule has 198 valence electrons. The fourth-order valence-corrected chi connectivity index (χ4v) is 5.51. The average Bonchev–Trinajstić information content (AvgIpc) is 2.88. The third-order valence-corrected chi connectivity index (χ3v) is 8.48. The number of hydrogen-bond donors (Lipinski definition) is 4. The van der Waals surface area contributed by atoms with Crippen molar-refractivity contribution >= 4 is 104 Å². The molecule has 0 aliphatic carbocycles. The van der Waals surface area contributed by atoms with Crippen LogP contribution >= 0.6 is 92.8 Å². The molecule has 4 aromatic rings. The Bertz CT molecular complexity index is 1590. The molecule has 0 atom stereocenters. The van der Waals surface area contributed by atoms with Crippen LogP contribution in [-0.2, 0) is 0 Å². The highest BCUT2D eigenvalue weighted by atomic mass is 35.5. The smallest absolute Gasteiger partial charge is 0.167 e. The summed E-state index contributed by atoms with van der Waals surface area (Å²) < 4.78 is 11.5. The second-order valence-electron chi connectivity index (χ2n) is 7.57. The molecule has 0 amide bonds. The number of hydrogen-bond acceptors (Lipinski definition) is 6. The van der Waals surface area contributed by atoms with Crippen LogP contribution in [0.4, 0.5) is 11.4 Å². The Morgan fingerprint density at radius 1 is 0.474 bits per heavy atom. The molecule has 0 aliphatic rings. The molecule has 0 saturated carbocycles. The third-order valence-electron chi connectivity index (χ3n) is 5.14. The number of anilines is 2. The molecule has 6 N–H and O–H groups in total. The van der Waals surface area contributed by atoms with Crippen molar-refractivity contribution in [2.75, 3.05) is 11.5 Å².